The Morgan fingerprint density at radius 2 is 1.60 bits per heavy atom. The number of rotatable bonds is 8. The molecule has 0 heterocycles. The monoisotopic (exact) mass is 343 g/mol. The minimum atomic E-state index is 0.383. The van der Waals surface area contributed by atoms with E-state index in [4.69, 9.17) is 19.9 Å². The fraction of sp³-hybridized carbons (Fsp3) is 0.316. The third kappa shape index (κ3) is 5.31. The molecule has 0 saturated heterocycles. The zero-order valence-corrected chi connectivity index (χ0v) is 14.9. The Bertz CT molecular complexity index is 703. The summed E-state index contributed by atoms with van der Waals surface area (Å²) in [5.41, 5.74) is 8.07. The molecule has 0 fully saturated rings. The highest BCUT2D eigenvalue weighted by Crippen LogP contribution is 2.34. The van der Waals surface area contributed by atoms with Crippen LogP contribution < -0.4 is 25.3 Å². The molecule has 2 aromatic carbocycles. The fourth-order valence-electron chi connectivity index (χ4n) is 2.42. The van der Waals surface area contributed by atoms with Crippen LogP contribution >= 0.6 is 0 Å². The Labute approximate surface area is 148 Å². The molecule has 0 amide bonds. The van der Waals surface area contributed by atoms with Crippen molar-refractivity contribution in [2.24, 2.45) is 10.7 Å². The van der Waals surface area contributed by atoms with Gasteiger partial charge in [0.15, 0.2) is 17.5 Å². The van der Waals surface area contributed by atoms with Crippen molar-refractivity contribution in [2.45, 2.75) is 13.0 Å². The average molecular weight is 343 g/mol. The number of guanidine groups is 1. The van der Waals surface area contributed by atoms with Crippen LogP contribution in [-0.2, 0) is 13.0 Å². The number of methoxy groups -OCH3 is 3. The predicted molar refractivity (Wildman–Crippen MR) is 99.6 cm³/mol. The molecule has 0 spiro atoms. The molecule has 0 aliphatic carbocycles. The first-order valence-corrected chi connectivity index (χ1v) is 8.04. The second kappa shape index (κ2) is 9.42. The van der Waals surface area contributed by atoms with E-state index < -0.39 is 0 Å². The topological polar surface area (TPSA) is 78.1 Å². The highest BCUT2D eigenvalue weighted by Gasteiger charge is 2.11. The van der Waals surface area contributed by atoms with Crippen molar-refractivity contribution in [2.75, 3.05) is 27.9 Å². The van der Waals surface area contributed by atoms with Gasteiger partial charge in [0.25, 0.3) is 0 Å². The molecule has 0 aliphatic heterocycles. The van der Waals surface area contributed by atoms with Crippen molar-refractivity contribution >= 4 is 5.96 Å². The SMILES string of the molecule is COc1cc(OC)c(OC)cc1CN=C(N)NCCc1ccccc1. The molecular weight excluding hydrogens is 318 g/mol. The van der Waals surface area contributed by atoms with Gasteiger partial charge in [-0.2, -0.15) is 0 Å². The molecule has 0 radical (unpaired) electrons. The summed E-state index contributed by atoms with van der Waals surface area (Å²) in [6, 6.07) is 13.9. The van der Waals surface area contributed by atoms with Crippen LogP contribution in [0, 0.1) is 0 Å². The lowest BCUT2D eigenvalue weighted by Gasteiger charge is -2.13. The minimum Gasteiger partial charge on any atom is -0.496 e. The van der Waals surface area contributed by atoms with Gasteiger partial charge in [0, 0.05) is 18.2 Å². The van der Waals surface area contributed by atoms with E-state index in [1.54, 1.807) is 27.4 Å². The molecular formula is C19H25N3O3. The lowest BCUT2D eigenvalue weighted by Crippen LogP contribution is -2.33. The number of ether oxygens (including phenoxy) is 3. The van der Waals surface area contributed by atoms with Gasteiger partial charge in [-0.25, -0.2) is 4.99 Å². The Balaban J connectivity index is 1.97. The molecule has 6 nitrogen and oxygen atoms in total. The van der Waals surface area contributed by atoms with Crippen molar-refractivity contribution < 1.29 is 14.2 Å². The summed E-state index contributed by atoms with van der Waals surface area (Å²) in [4.78, 5) is 4.37. The molecule has 2 rings (SSSR count). The van der Waals surface area contributed by atoms with Gasteiger partial charge in [-0.15, -0.1) is 0 Å². The Kier molecular flexibility index (Phi) is 6.95. The molecule has 25 heavy (non-hydrogen) atoms. The molecule has 0 aliphatic rings. The predicted octanol–water partition coefficient (Wildman–Crippen LogP) is 2.36. The van der Waals surface area contributed by atoms with Crippen molar-refractivity contribution in [3.63, 3.8) is 0 Å². The van der Waals surface area contributed by atoms with E-state index in [9.17, 15) is 0 Å². The summed E-state index contributed by atoms with van der Waals surface area (Å²) in [5, 5.41) is 3.12. The maximum atomic E-state index is 5.95. The number of aliphatic imine (C=N–C) groups is 1. The second-order valence-electron chi connectivity index (χ2n) is 5.38. The zero-order chi connectivity index (χ0) is 18.1. The maximum Gasteiger partial charge on any atom is 0.188 e. The van der Waals surface area contributed by atoms with Gasteiger partial charge in [-0.3, -0.25) is 0 Å². The molecule has 0 unspecified atom stereocenters. The van der Waals surface area contributed by atoms with E-state index in [-0.39, 0.29) is 0 Å². The summed E-state index contributed by atoms with van der Waals surface area (Å²) in [7, 11) is 4.79. The van der Waals surface area contributed by atoms with E-state index in [1.165, 1.54) is 5.56 Å². The number of nitrogens with two attached hydrogens (primary N) is 1. The summed E-state index contributed by atoms with van der Waals surface area (Å²) < 4.78 is 16.0. The Morgan fingerprint density at radius 3 is 2.24 bits per heavy atom. The van der Waals surface area contributed by atoms with Crippen molar-refractivity contribution in [1.29, 1.82) is 0 Å². The third-order valence-corrected chi connectivity index (χ3v) is 3.77. The van der Waals surface area contributed by atoms with Gasteiger partial charge in [0.05, 0.1) is 27.9 Å². The van der Waals surface area contributed by atoms with E-state index in [1.807, 2.05) is 24.3 Å². The third-order valence-electron chi connectivity index (χ3n) is 3.77. The van der Waals surface area contributed by atoms with Crippen LogP contribution in [0.15, 0.2) is 47.5 Å². The van der Waals surface area contributed by atoms with Crippen LogP contribution in [-0.4, -0.2) is 33.8 Å². The minimum absolute atomic E-state index is 0.383. The van der Waals surface area contributed by atoms with Crippen molar-refractivity contribution in [3.05, 3.63) is 53.6 Å². The number of benzene rings is 2. The molecule has 0 atom stereocenters. The van der Waals surface area contributed by atoms with Crippen molar-refractivity contribution in [3.8, 4) is 17.2 Å². The van der Waals surface area contributed by atoms with Crippen LogP contribution in [0.2, 0.25) is 0 Å². The van der Waals surface area contributed by atoms with Crippen LogP contribution in [0.5, 0.6) is 17.2 Å². The van der Waals surface area contributed by atoms with Gasteiger partial charge in [0.2, 0.25) is 0 Å². The maximum absolute atomic E-state index is 5.95. The standard InChI is InChI=1S/C19H25N3O3/c1-23-16-12-18(25-3)17(24-2)11-15(16)13-22-19(20)21-10-9-14-7-5-4-6-8-14/h4-8,11-12H,9-10,13H2,1-3H3,(H3,20,21,22). The average Bonchev–Trinajstić information content (AvgIpc) is 2.66. The number of hydrogen-bond acceptors (Lipinski definition) is 4. The van der Waals surface area contributed by atoms with Crippen LogP contribution in [0.1, 0.15) is 11.1 Å². The van der Waals surface area contributed by atoms with Gasteiger partial charge in [-0.1, -0.05) is 30.3 Å². The van der Waals surface area contributed by atoms with Gasteiger partial charge < -0.3 is 25.3 Å². The molecule has 6 heteroatoms. The van der Waals surface area contributed by atoms with E-state index >= 15 is 0 Å². The lowest BCUT2D eigenvalue weighted by atomic mass is 10.1. The molecule has 2 aromatic rings. The Hall–Kier alpha value is -2.89. The lowest BCUT2D eigenvalue weighted by molar-refractivity contribution is 0.347. The molecule has 0 saturated carbocycles. The molecule has 0 aromatic heterocycles. The normalized spacial score (nSPS) is 11.1. The molecule has 0 bridgehead atoms. The summed E-state index contributed by atoms with van der Waals surface area (Å²) >= 11 is 0. The first-order valence-electron chi connectivity index (χ1n) is 8.04. The first-order chi connectivity index (χ1) is 12.2. The number of hydrogen-bond donors (Lipinski definition) is 2. The van der Waals surface area contributed by atoms with Crippen molar-refractivity contribution in [1.82, 2.24) is 5.32 Å². The summed E-state index contributed by atoms with van der Waals surface area (Å²) in [6.07, 6.45) is 0.886. The van der Waals surface area contributed by atoms with E-state index in [0.29, 0.717) is 29.8 Å². The number of nitrogens with one attached hydrogen (secondary N) is 1. The number of nitrogens with zero attached hydrogens (tertiary/aromatic N) is 1. The van der Waals surface area contributed by atoms with Gasteiger partial charge in [0.1, 0.15) is 5.75 Å². The van der Waals surface area contributed by atoms with Gasteiger partial charge in [-0.05, 0) is 18.1 Å². The summed E-state index contributed by atoms with van der Waals surface area (Å²) in [6.45, 7) is 1.11. The second-order valence-corrected chi connectivity index (χ2v) is 5.38. The summed E-state index contributed by atoms with van der Waals surface area (Å²) in [5.74, 6) is 2.32. The van der Waals surface area contributed by atoms with Crippen LogP contribution in [0.3, 0.4) is 0 Å². The van der Waals surface area contributed by atoms with Crippen LogP contribution in [0.4, 0.5) is 0 Å². The first kappa shape index (κ1) is 18.4. The largest absolute Gasteiger partial charge is 0.496 e. The van der Waals surface area contributed by atoms with Crippen LogP contribution in [0.25, 0.3) is 0 Å². The highest BCUT2D eigenvalue weighted by molar-refractivity contribution is 5.77. The molecule has 134 valence electrons. The Morgan fingerprint density at radius 1 is 0.960 bits per heavy atom. The zero-order valence-electron chi connectivity index (χ0n) is 14.9. The highest BCUT2D eigenvalue weighted by atomic mass is 16.5. The smallest absolute Gasteiger partial charge is 0.188 e. The fourth-order valence-corrected chi connectivity index (χ4v) is 2.42. The van der Waals surface area contributed by atoms with E-state index in [2.05, 4.69) is 22.4 Å². The quantitative estimate of drug-likeness (QED) is 0.568. The molecule has 3 N–H and O–H groups in total. The van der Waals surface area contributed by atoms with E-state index in [0.717, 1.165) is 18.5 Å². The van der Waals surface area contributed by atoms with Gasteiger partial charge >= 0.3 is 0 Å².